The van der Waals surface area contributed by atoms with Crippen LogP contribution in [-0.2, 0) is 4.74 Å². The summed E-state index contributed by atoms with van der Waals surface area (Å²) in [5.74, 6) is 0.858. The Balaban J connectivity index is 1.90. The summed E-state index contributed by atoms with van der Waals surface area (Å²) in [4.78, 5) is 4.15. The normalized spacial score (nSPS) is 22.6. The van der Waals surface area contributed by atoms with Crippen LogP contribution in [0.1, 0.15) is 0 Å². The highest BCUT2D eigenvalue weighted by Gasteiger charge is 2.12. The molecule has 4 heteroatoms. The zero-order valence-electron chi connectivity index (χ0n) is 7.36. The van der Waals surface area contributed by atoms with Gasteiger partial charge in [-0.3, -0.25) is 0 Å². The van der Waals surface area contributed by atoms with Crippen molar-refractivity contribution in [1.29, 1.82) is 0 Å². The lowest BCUT2D eigenvalue weighted by atomic mass is 10.4. The maximum atomic E-state index is 5.47. The van der Waals surface area contributed by atoms with Crippen LogP contribution in [0.25, 0.3) is 0 Å². The molecule has 1 aromatic heterocycles. The Morgan fingerprint density at radius 3 is 3.23 bits per heavy atom. The van der Waals surface area contributed by atoms with Crippen molar-refractivity contribution >= 4 is 5.82 Å². The van der Waals surface area contributed by atoms with E-state index in [4.69, 9.17) is 4.74 Å². The minimum atomic E-state index is 0.0450. The SMILES string of the molecule is c1ccc(NC2CNCCO2)nc1. The molecule has 1 aliphatic rings. The van der Waals surface area contributed by atoms with Crippen molar-refractivity contribution in [2.75, 3.05) is 25.0 Å². The van der Waals surface area contributed by atoms with E-state index in [9.17, 15) is 0 Å². The number of nitrogens with zero attached hydrogens (tertiary/aromatic N) is 1. The van der Waals surface area contributed by atoms with E-state index < -0.39 is 0 Å². The summed E-state index contributed by atoms with van der Waals surface area (Å²) in [6.07, 6.45) is 1.81. The molecule has 1 saturated heterocycles. The molecular formula is C9H13N3O. The zero-order valence-corrected chi connectivity index (χ0v) is 7.36. The standard InChI is InChI=1S/C9H13N3O/c1-2-4-11-8(3-1)12-9-7-10-5-6-13-9/h1-4,9-10H,5-7H2,(H,11,12). The second-order valence-corrected chi connectivity index (χ2v) is 2.92. The number of nitrogens with one attached hydrogen (secondary N) is 2. The molecule has 0 saturated carbocycles. The number of hydrogen-bond acceptors (Lipinski definition) is 4. The lowest BCUT2D eigenvalue weighted by Crippen LogP contribution is -2.42. The molecule has 0 bridgehead atoms. The molecule has 1 atom stereocenters. The highest BCUT2D eigenvalue weighted by Crippen LogP contribution is 2.04. The van der Waals surface area contributed by atoms with Crippen LogP contribution in [-0.4, -0.2) is 30.9 Å². The Kier molecular flexibility index (Phi) is 2.74. The second kappa shape index (κ2) is 4.20. The van der Waals surface area contributed by atoms with Crippen LogP contribution in [0.4, 0.5) is 5.82 Å². The molecule has 1 aliphatic heterocycles. The molecule has 1 unspecified atom stereocenters. The molecule has 0 aliphatic carbocycles. The fourth-order valence-corrected chi connectivity index (χ4v) is 1.27. The van der Waals surface area contributed by atoms with Gasteiger partial charge in [0.2, 0.25) is 0 Å². The van der Waals surface area contributed by atoms with E-state index in [1.807, 2.05) is 18.2 Å². The summed E-state index contributed by atoms with van der Waals surface area (Å²) in [7, 11) is 0. The van der Waals surface area contributed by atoms with Gasteiger partial charge >= 0.3 is 0 Å². The quantitative estimate of drug-likeness (QED) is 0.691. The Hall–Kier alpha value is -1.13. The molecule has 1 fully saturated rings. The predicted octanol–water partition coefficient (Wildman–Crippen LogP) is 0.439. The predicted molar refractivity (Wildman–Crippen MR) is 50.5 cm³/mol. The molecule has 2 N–H and O–H groups in total. The molecule has 4 nitrogen and oxygen atoms in total. The number of morpholine rings is 1. The third-order valence-corrected chi connectivity index (χ3v) is 1.90. The van der Waals surface area contributed by atoms with Gasteiger partial charge in [-0.15, -0.1) is 0 Å². The Morgan fingerprint density at radius 2 is 2.54 bits per heavy atom. The van der Waals surface area contributed by atoms with Crippen molar-refractivity contribution < 1.29 is 4.74 Å². The smallest absolute Gasteiger partial charge is 0.141 e. The van der Waals surface area contributed by atoms with Crippen molar-refractivity contribution in [2.24, 2.45) is 0 Å². The molecule has 0 radical (unpaired) electrons. The maximum absolute atomic E-state index is 5.47. The Bertz CT molecular complexity index is 246. The molecular weight excluding hydrogens is 166 g/mol. The van der Waals surface area contributed by atoms with Gasteiger partial charge in [-0.05, 0) is 12.1 Å². The van der Waals surface area contributed by atoms with Crippen molar-refractivity contribution in [3.63, 3.8) is 0 Å². The monoisotopic (exact) mass is 179 g/mol. The highest BCUT2D eigenvalue weighted by molar-refractivity contribution is 5.33. The molecule has 1 aromatic rings. The van der Waals surface area contributed by atoms with Gasteiger partial charge in [0.15, 0.2) is 0 Å². The number of ether oxygens (including phenoxy) is 1. The highest BCUT2D eigenvalue weighted by atomic mass is 16.5. The Labute approximate surface area is 77.3 Å². The van der Waals surface area contributed by atoms with Gasteiger partial charge in [0, 0.05) is 19.3 Å². The van der Waals surface area contributed by atoms with E-state index in [-0.39, 0.29) is 6.23 Å². The van der Waals surface area contributed by atoms with E-state index in [2.05, 4.69) is 15.6 Å². The van der Waals surface area contributed by atoms with Crippen molar-refractivity contribution in [3.8, 4) is 0 Å². The molecule has 2 rings (SSSR count). The number of anilines is 1. The van der Waals surface area contributed by atoms with Crippen LogP contribution in [0.3, 0.4) is 0 Å². The third-order valence-electron chi connectivity index (χ3n) is 1.90. The Morgan fingerprint density at radius 1 is 1.54 bits per heavy atom. The van der Waals surface area contributed by atoms with E-state index >= 15 is 0 Å². The first-order valence-corrected chi connectivity index (χ1v) is 4.45. The zero-order chi connectivity index (χ0) is 8.93. The van der Waals surface area contributed by atoms with Gasteiger partial charge in [-0.1, -0.05) is 6.07 Å². The largest absolute Gasteiger partial charge is 0.356 e. The molecule has 13 heavy (non-hydrogen) atoms. The topological polar surface area (TPSA) is 46.2 Å². The maximum Gasteiger partial charge on any atom is 0.141 e. The van der Waals surface area contributed by atoms with Gasteiger partial charge in [0.25, 0.3) is 0 Å². The fraction of sp³-hybridized carbons (Fsp3) is 0.444. The number of rotatable bonds is 2. The number of pyridine rings is 1. The summed E-state index contributed by atoms with van der Waals surface area (Å²) < 4.78 is 5.47. The van der Waals surface area contributed by atoms with Crippen LogP contribution in [0, 0.1) is 0 Å². The van der Waals surface area contributed by atoms with Gasteiger partial charge in [0.1, 0.15) is 12.0 Å². The van der Waals surface area contributed by atoms with Crippen LogP contribution in [0.15, 0.2) is 24.4 Å². The van der Waals surface area contributed by atoms with Crippen LogP contribution in [0.5, 0.6) is 0 Å². The lowest BCUT2D eigenvalue weighted by Gasteiger charge is -2.24. The molecule has 70 valence electrons. The summed E-state index contributed by atoms with van der Waals surface area (Å²) >= 11 is 0. The molecule has 0 aromatic carbocycles. The van der Waals surface area contributed by atoms with Crippen molar-refractivity contribution in [1.82, 2.24) is 10.3 Å². The molecule has 2 heterocycles. The lowest BCUT2D eigenvalue weighted by molar-refractivity contribution is 0.0466. The van der Waals surface area contributed by atoms with Gasteiger partial charge in [0.05, 0.1) is 6.61 Å². The van der Waals surface area contributed by atoms with Crippen LogP contribution >= 0.6 is 0 Å². The van der Waals surface area contributed by atoms with Crippen LogP contribution in [0.2, 0.25) is 0 Å². The average Bonchev–Trinajstić information content (AvgIpc) is 2.21. The van der Waals surface area contributed by atoms with E-state index in [0.29, 0.717) is 0 Å². The van der Waals surface area contributed by atoms with Gasteiger partial charge < -0.3 is 15.4 Å². The first-order valence-electron chi connectivity index (χ1n) is 4.45. The van der Waals surface area contributed by atoms with Gasteiger partial charge in [-0.2, -0.15) is 0 Å². The minimum Gasteiger partial charge on any atom is -0.356 e. The summed E-state index contributed by atoms with van der Waals surface area (Å²) in [5.41, 5.74) is 0. The number of hydrogen-bond donors (Lipinski definition) is 2. The fourth-order valence-electron chi connectivity index (χ4n) is 1.27. The third kappa shape index (κ3) is 2.40. The number of aromatic nitrogens is 1. The van der Waals surface area contributed by atoms with E-state index in [0.717, 1.165) is 25.5 Å². The molecule has 0 spiro atoms. The van der Waals surface area contributed by atoms with Crippen molar-refractivity contribution in [3.05, 3.63) is 24.4 Å². The van der Waals surface area contributed by atoms with Crippen molar-refractivity contribution in [2.45, 2.75) is 6.23 Å². The summed E-state index contributed by atoms with van der Waals surface area (Å²) in [5, 5.41) is 6.42. The van der Waals surface area contributed by atoms with Gasteiger partial charge in [-0.25, -0.2) is 4.98 Å². The summed E-state index contributed by atoms with van der Waals surface area (Å²) in [6, 6.07) is 5.77. The first kappa shape index (κ1) is 8.47. The van der Waals surface area contributed by atoms with E-state index in [1.54, 1.807) is 6.20 Å². The summed E-state index contributed by atoms with van der Waals surface area (Å²) in [6.45, 7) is 2.52. The minimum absolute atomic E-state index is 0.0450. The first-order chi connectivity index (χ1) is 6.45. The van der Waals surface area contributed by atoms with E-state index in [1.165, 1.54) is 0 Å². The second-order valence-electron chi connectivity index (χ2n) is 2.92. The molecule has 0 amide bonds. The average molecular weight is 179 g/mol. The van der Waals surface area contributed by atoms with Crippen LogP contribution < -0.4 is 10.6 Å².